The lowest BCUT2D eigenvalue weighted by atomic mass is 10.2. The molecule has 0 saturated heterocycles. The number of hydrogen-bond acceptors (Lipinski definition) is 2. The molecule has 0 heterocycles. The molecule has 0 aliphatic carbocycles. The van der Waals surface area contributed by atoms with Crippen molar-refractivity contribution in [3.63, 3.8) is 0 Å². The molecular weight excluding hydrogens is 257 g/mol. The molecule has 1 N–H and O–H groups in total. The average Bonchev–Trinajstić information content (AvgIpc) is 2.33. The predicted molar refractivity (Wildman–Crippen MR) is 71.8 cm³/mol. The first-order valence-electron chi connectivity index (χ1n) is 4.93. The van der Waals surface area contributed by atoms with Crippen molar-refractivity contribution in [2.75, 3.05) is 0 Å². The average molecular weight is 266 g/mol. The Labute approximate surface area is 109 Å². The van der Waals surface area contributed by atoms with Gasteiger partial charge in [-0.1, -0.05) is 23.2 Å². The molecule has 0 aliphatic rings. The maximum Gasteiger partial charge on any atom is 0.134 e. The van der Waals surface area contributed by atoms with Crippen molar-refractivity contribution in [2.24, 2.45) is 4.99 Å². The van der Waals surface area contributed by atoms with Crippen LogP contribution in [0.5, 0.6) is 5.75 Å². The normalized spacial score (nSPS) is 10.9. The summed E-state index contributed by atoms with van der Waals surface area (Å²) in [4.78, 5) is 4.26. The summed E-state index contributed by atoms with van der Waals surface area (Å²) in [6, 6.07) is 12.1. The van der Waals surface area contributed by atoms with E-state index in [0.29, 0.717) is 10.0 Å². The van der Waals surface area contributed by atoms with Crippen molar-refractivity contribution in [1.29, 1.82) is 0 Å². The van der Waals surface area contributed by atoms with Gasteiger partial charge in [-0.05, 0) is 48.0 Å². The minimum absolute atomic E-state index is 0.0651. The smallest absolute Gasteiger partial charge is 0.134 e. The van der Waals surface area contributed by atoms with E-state index in [1.165, 1.54) is 6.07 Å². The zero-order valence-electron chi connectivity index (χ0n) is 8.77. The van der Waals surface area contributed by atoms with Gasteiger partial charge in [-0.3, -0.25) is 4.99 Å². The summed E-state index contributed by atoms with van der Waals surface area (Å²) in [7, 11) is 0. The molecule has 0 aliphatic heterocycles. The standard InChI is InChI=1S/C13H9Cl2NO/c14-10-2-4-11(5-3-10)16-8-9-1-6-13(17)12(15)7-9/h1-8,17H. The highest BCUT2D eigenvalue weighted by molar-refractivity contribution is 6.32. The molecule has 0 unspecified atom stereocenters. The summed E-state index contributed by atoms with van der Waals surface area (Å²) in [5.74, 6) is 0.0651. The lowest BCUT2D eigenvalue weighted by Gasteiger charge is -1.98. The van der Waals surface area contributed by atoms with Crippen LogP contribution in [0.3, 0.4) is 0 Å². The van der Waals surface area contributed by atoms with E-state index < -0.39 is 0 Å². The maximum atomic E-state index is 9.27. The van der Waals surface area contributed by atoms with Gasteiger partial charge in [-0.2, -0.15) is 0 Å². The Bertz CT molecular complexity index is 550. The lowest BCUT2D eigenvalue weighted by Crippen LogP contribution is -1.80. The second kappa shape index (κ2) is 5.21. The maximum absolute atomic E-state index is 9.27. The van der Waals surface area contributed by atoms with E-state index in [1.54, 1.807) is 30.5 Å². The zero-order valence-corrected chi connectivity index (χ0v) is 10.3. The predicted octanol–water partition coefficient (Wildman–Crippen LogP) is 4.45. The third kappa shape index (κ3) is 3.22. The molecule has 0 aromatic heterocycles. The van der Waals surface area contributed by atoms with Crippen molar-refractivity contribution in [3.05, 3.63) is 58.1 Å². The van der Waals surface area contributed by atoms with Crippen molar-refractivity contribution in [2.45, 2.75) is 0 Å². The van der Waals surface area contributed by atoms with Gasteiger partial charge in [-0.25, -0.2) is 0 Å². The van der Waals surface area contributed by atoms with Gasteiger partial charge in [0.2, 0.25) is 0 Å². The fourth-order valence-corrected chi connectivity index (χ4v) is 1.59. The number of phenolic OH excluding ortho intramolecular Hbond substituents is 1. The lowest BCUT2D eigenvalue weighted by molar-refractivity contribution is 0.475. The zero-order chi connectivity index (χ0) is 12.3. The van der Waals surface area contributed by atoms with Crippen LogP contribution in [0.1, 0.15) is 5.56 Å². The number of hydrogen-bond donors (Lipinski definition) is 1. The van der Waals surface area contributed by atoms with Crippen LogP contribution in [0.25, 0.3) is 0 Å². The topological polar surface area (TPSA) is 32.6 Å². The number of phenols is 1. The molecule has 2 aromatic rings. The van der Waals surface area contributed by atoms with Gasteiger partial charge in [0.25, 0.3) is 0 Å². The van der Waals surface area contributed by atoms with Gasteiger partial charge in [0.05, 0.1) is 10.7 Å². The van der Waals surface area contributed by atoms with Gasteiger partial charge in [-0.15, -0.1) is 0 Å². The van der Waals surface area contributed by atoms with Gasteiger partial charge in [0, 0.05) is 11.2 Å². The first-order valence-corrected chi connectivity index (χ1v) is 5.69. The minimum Gasteiger partial charge on any atom is -0.506 e. The fourth-order valence-electron chi connectivity index (χ4n) is 1.28. The number of aromatic hydroxyl groups is 1. The molecule has 0 bridgehead atoms. The highest BCUT2D eigenvalue weighted by Gasteiger charge is 1.97. The molecule has 17 heavy (non-hydrogen) atoms. The summed E-state index contributed by atoms with van der Waals surface area (Å²) >= 11 is 11.6. The molecule has 86 valence electrons. The third-order valence-electron chi connectivity index (χ3n) is 2.16. The SMILES string of the molecule is Oc1ccc(C=Nc2ccc(Cl)cc2)cc1Cl. The molecule has 0 spiro atoms. The Morgan fingerprint density at radius 1 is 1.00 bits per heavy atom. The van der Waals surface area contributed by atoms with Crippen LogP contribution in [0, 0.1) is 0 Å². The van der Waals surface area contributed by atoms with E-state index in [1.807, 2.05) is 12.1 Å². The second-order valence-corrected chi connectivity index (χ2v) is 4.29. The van der Waals surface area contributed by atoms with Crippen molar-refractivity contribution < 1.29 is 5.11 Å². The van der Waals surface area contributed by atoms with Crippen LogP contribution in [0.4, 0.5) is 5.69 Å². The summed E-state index contributed by atoms with van der Waals surface area (Å²) in [6.07, 6.45) is 1.68. The number of rotatable bonds is 2. The van der Waals surface area contributed by atoms with Crippen molar-refractivity contribution in [3.8, 4) is 5.75 Å². The Kier molecular flexibility index (Phi) is 3.67. The van der Waals surface area contributed by atoms with E-state index in [2.05, 4.69) is 4.99 Å². The highest BCUT2D eigenvalue weighted by atomic mass is 35.5. The molecule has 2 nitrogen and oxygen atoms in total. The van der Waals surface area contributed by atoms with E-state index in [-0.39, 0.29) is 5.75 Å². The van der Waals surface area contributed by atoms with Gasteiger partial charge < -0.3 is 5.11 Å². The Morgan fingerprint density at radius 2 is 1.71 bits per heavy atom. The molecule has 0 fully saturated rings. The number of benzene rings is 2. The highest BCUT2D eigenvalue weighted by Crippen LogP contribution is 2.23. The van der Waals surface area contributed by atoms with Crippen LogP contribution >= 0.6 is 23.2 Å². The molecule has 0 atom stereocenters. The summed E-state index contributed by atoms with van der Waals surface area (Å²) in [5.41, 5.74) is 1.63. The summed E-state index contributed by atoms with van der Waals surface area (Å²) in [6.45, 7) is 0. The molecule has 4 heteroatoms. The quantitative estimate of drug-likeness (QED) is 0.800. The molecule has 2 aromatic carbocycles. The molecule has 2 rings (SSSR count). The summed E-state index contributed by atoms with van der Waals surface area (Å²) in [5, 5.41) is 10.3. The number of nitrogens with zero attached hydrogens (tertiary/aromatic N) is 1. The van der Waals surface area contributed by atoms with Crippen molar-refractivity contribution >= 4 is 35.1 Å². The van der Waals surface area contributed by atoms with E-state index in [4.69, 9.17) is 23.2 Å². The Hall–Kier alpha value is -1.51. The monoisotopic (exact) mass is 265 g/mol. The molecular formula is C13H9Cl2NO. The van der Waals surface area contributed by atoms with Crippen LogP contribution in [-0.2, 0) is 0 Å². The van der Waals surface area contributed by atoms with Crippen LogP contribution in [0.15, 0.2) is 47.5 Å². The van der Waals surface area contributed by atoms with E-state index in [9.17, 15) is 5.11 Å². The Morgan fingerprint density at radius 3 is 2.35 bits per heavy atom. The van der Waals surface area contributed by atoms with Crippen LogP contribution in [-0.4, -0.2) is 11.3 Å². The van der Waals surface area contributed by atoms with Gasteiger partial charge in [0.15, 0.2) is 0 Å². The molecule has 0 amide bonds. The van der Waals surface area contributed by atoms with Gasteiger partial charge >= 0.3 is 0 Å². The summed E-state index contributed by atoms with van der Waals surface area (Å²) < 4.78 is 0. The van der Waals surface area contributed by atoms with E-state index in [0.717, 1.165) is 11.3 Å². The second-order valence-electron chi connectivity index (χ2n) is 3.45. The van der Waals surface area contributed by atoms with Crippen LogP contribution in [0.2, 0.25) is 10.0 Å². The van der Waals surface area contributed by atoms with Crippen LogP contribution < -0.4 is 0 Å². The Balaban J connectivity index is 2.20. The van der Waals surface area contributed by atoms with Crippen molar-refractivity contribution in [1.82, 2.24) is 0 Å². The first-order chi connectivity index (χ1) is 8.15. The molecule has 0 saturated carbocycles. The number of halogens is 2. The number of aliphatic imine (C=N–C) groups is 1. The van der Waals surface area contributed by atoms with E-state index >= 15 is 0 Å². The minimum atomic E-state index is 0.0651. The molecule has 0 radical (unpaired) electrons. The fraction of sp³-hybridized carbons (Fsp3) is 0. The third-order valence-corrected chi connectivity index (χ3v) is 2.72. The largest absolute Gasteiger partial charge is 0.506 e. The first kappa shape index (κ1) is 12.0. The van der Waals surface area contributed by atoms with Gasteiger partial charge in [0.1, 0.15) is 5.75 Å².